The fourth-order valence-electron chi connectivity index (χ4n) is 2.94. The Morgan fingerprint density at radius 3 is 2.48 bits per heavy atom. The molecule has 2 saturated heterocycles. The van der Waals surface area contributed by atoms with Gasteiger partial charge in [0.15, 0.2) is 0 Å². The smallest absolute Gasteiger partial charge is 0.337 e. The van der Waals surface area contributed by atoms with Crippen molar-refractivity contribution in [2.75, 3.05) is 14.2 Å². The van der Waals surface area contributed by atoms with Crippen LogP contribution in [-0.2, 0) is 14.3 Å². The van der Waals surface area contributed by atoms with Gasteiger partial charge in [0.2, 0.25) is 11.8 Å². The van der Waals surface area contributed by atoms with Gasteiger partial charge in [0.1, 0.15) is 6.04 Å². The first-order valence-corrected chi connectivity index (χ1v) is 6.55. The van der Waals surface area contributed by atoms with E-state index in [-0.39, 0.29) is 17.9 Å². The molecule has 0 bridgehead atoms. The van der Waals surface area contributed by atoms with Crippen LogP contribution in [0.1, 0.15) is 22.0 Å². The normalized spacial score (nSPS) is 28.4. The Hall–Kier alpha value is -2.25. The van der Waals surface area contributed by atoms with Crippen molar-refractivity contribution in [3.05, 3.63) is 35.4 Å². The van der Waals surface area contributed by atoms with Gasteiger partial charge in [0.25, 0.3) is 0 Å². The number of hydrogen-bond acceptors (Lipinski definition) is 6. The summed E-state index contributed by atoms with van der Waals surface area (Å²) in [7, 11) is 3.06. The van der Waals surface area contributed by atoms with Gasteiger partial charge < -0.3 is 4.74 Å². The van der Waals surface area contributed by atoms with Crippen LogP contribution in [0.15, 0.2) is 24.3 Å². The second kappa shape index (κ2) is 4.94. The topological polar surface area (TPSA) is 87.7 Å². The van der Waals surface area contributed by atoms with Crippen LogP contribution in [0, 0.1) is 5.92 Å². The highest BCUT2D eigenvalue weighted by atomic mass is 16.5. The van der Waals surface area contributed by atoms with Gasteiger partial charge in [-0.3, -0.25) is 14.9 Å². The molecule has 0 radical (unpaired) electrons. The third-order valence-electron chi connectivity index (χ3n) is 3.97. The van der Waals surface area contributed by atoms with Crippen LogP contribution in [0.25, 0.3) is 0 Å². The minimum absolute atomic E-state index is 0.274. The third-order valence-corrected chi connectivity index (χ3v) is 3.97. The molecule has 3 atom stereocenters. The number of hydrogen-bond donors (Lipinski definition) is 2. The van der Waals surface area contributed by atoms with Crippen molar-refractivity contribution in [2.45, 2.75) is 12.1 Å². The zero-order valence-corrected chi connectivity index (χ0v) is 11.6. The van der Waals surface area contributed by atoms with Crippen LogP contribution in [0.3, 0.4) is 0 Å². The monoisotopic (exact) mass is 289 g/mol. The predicted molar refractivity (Wildman–Crippen MR) is 71.8 cm³/mol. The van der Waals surface area contributed by atoms with E-state index in [1.807, 2.05) is 0 Å². The van der Waals surface area contributed by atoms with Crippen molar-refractivity contribution in [2.24, 2.45) is 5.92 Å². The van der Waals surface area contributed by atoms with Gasteiger partial charge in [0, 0.05) is 7.05 Å². The number of rotatable bonds is 2. The molecule has 2 fully saturated rings. The van der Waals surface area contributed by atoms with E-state index >= 15 is 0 Å². The number of imide groups is 1. The van der Waals surface area contributed by atoms with Crippen molar-refractivity contribution < 1.29 is 19.1 Å². The SMILES string of the molecule is COC(=O)c1ccc([C@@H]2NN(C)[C@@H]3C(=O)NC(=O)[C@@H]32)cc1. The lowest BCUT2D eigenvalue weighted by Crippen LogP contribution is -2.41. The number of nitrogens with one attached hydrogen (secondary N) is 2. The maximum absolute atomic E-state index is 11.9. The zero-order valence-electron chi connectivity index (χ0n) is 11.6. The summed E-state index contributed by atoms with van der Waals surface area (Å²) in [6, 6.07) is 6.02. The first-order chi connectivity index (χ1) is 10.0. The lowest BCUT2D eigenvalue weighted by Gasteiger charge is -2.17. The molecule has 0 unspecified atom stereocenters. The van der Waals surface area contributed by atoms with E-state index in [1.165, 1.54) is 7.11 Å². The number of nitrogens with zero attached hydrogens (tertiary/aromatic N) is 1. The number of carbonyl (C=O) groups is 3. The van der Waals surface area contributed by atoms with Crippen LogP contribution in [0.4, 0.5) is 0 Å². The molecule has 21 heavy (non-hydrogen) atoms. The van der Waals surface area contributed by atoms with E-state index in [0.29, 0.717) is 5.56 Å². The molecule has 1 aromatic rings. The highest BCUT2D eigenvalue weighted by Crippen LogP contribution is 2.36. The summed E-state index contributed by atoms with van der Waals surface area (Å²) in [6.45, 7) is 0. The molecule has 2 amide bonds. The number of benzene rings is 1. The molecule has 1 aromatic carbocycles. The molecule has 0 saturated carbocycles. The number of ether oxygens (including phenoxy) is 1. The molecule has 0 aliphatic carbocycles. The number of carbonyl (C=O) groups excluding carboxylic acids is 3. The Labute approximate surface area is 121 Å². The van der Waals surface area contributed by atoms with Crippen LogP contribution >= 0.6 is 0 Å². The quantitative estimate of drug-likeness (QED) is 0.569. The first kappa shape index (κ1) is 13.7. The van der Waals surface area contributed by atoms with Crippen LogP contribution < -0.4 is 10.7 Å². The Bertz CT molecular complexity index is 613. The van der Waals surface area contributed by atoms with E-state index in [2.05, 4.69) is 15.5 Å². The molecule has 3 rings (SSSR count). The molecular weight excluding hydrogens is 274 g/mol. The molecule has 2 aliphatic rings. The molecule has 7 heteroatoms. The third kappa shape index (κ3) is 2.10. The Morgan fingerprint density at radius 1 is 1.19 bits per heavy atom. The summed E-state index contributed by atoms with van der Waals surface area (Å²) in [5, 5.41) is 4.01. The summed E-state index contributed by atoms with van der Waals surface area (Å²) in [5.74, 6) is -1.44. The highest BCUT2D eigenvalue weighted by Gasteiger charge is 2.53. The number of methoxy groups -OCH3 is 1. The molecule has 2 N–H and O–H groups in total. The number of fused-ring (bicyclic) bond motifs is 1. The average molecular weight is 289 g/mol. The lowest BCUT2D eigenvalue weighted by molar-refractivity contribution is -0.127. The molecule has 2 heterocycles. The Morgan fingerprint density at radius 2 is 1.86 bits per heavy atom. The van der Waals surface area contributed by atoms with Crippen molar-refractivity contribution in [3.8, 4) is 0 Å². The van der Waals surface area contributed by atoms with Crippen molar-refractivity contribution in [1.29, 1.82) is 0 Å². The van der Waals surface area contributed by atoms with Crippen molar-refractivity contribution in [3.63, 3.8) is 0 Å². The van der Waals surface area contributed by atoms with Gasteiger partial charge in [-0.1, -0.05) is 12.1 Å². The molecular formula is C14H15N3O4. The second-order valence-electron chi connectivity index (χ2n) is 5.16. The van der Waals surface area contributed by atoms with Gasteiger partial charge in [-0.2, -0.15) is 0 Å². The lowest BCUT2D eigenvalue weighted by atomic mass is 9.90. The van der Waals surface area contributed by atoms with Gasteiger partial charge in [-0.05, 0) is 17.7 Å². The van der Waals surface area contributed by atoms with Gasteiger partial charge in [0.05, 0.1) is 24.6 Å². The summed E-state index contributed by atoms with van der Waals surface area (Å²) in [6.07, 6.45) is 0. The predicted octanol–water partition coefficient (Wildman–Crippen LogP) is -0.394. The van der Waals surface area contributed by atoms with Crippen molar-refractivity contribution >= 4 is 17.8 Å². The van der Waals surface area contributed by atoms with Crippen molar-refractivity contribution in [1.82, 2.24) is 15.8 Å². The Kier molecular flexibility index (Phi) is 3.23. The maximum atomic E-state index is 11.9. The van der Waals surface area contributed by atoms with Gasteiger partial charge >= 0.3 is 5.97 Å². The zero-order chi connectivity index (χ0) is 15.1. The highest BCUT2D eigenvalue weighted by molar-refractivity contribution is 6.07. The van der Waals surface area contributed by atoms with E-state index in [1.54, 1.807) is 36.3 Å². The summed E-state index contributed by atoms with van der Waals surface area (Å²) in [4.78, 5) is 35.1. The Balaban J connectivity index is 1.89. The van der Waals surface area contributed by atoms with E-state index < -0.39 is 17.9 Å². The van der Waals surface area contributed by atoms with E-state index in [9.17, 15) is 14.4 Å². The minimum atomic E-state index is -0.497. The maximum Gasteiger partial charge on any atom is 0.337 e. The first-order valence-electron chi connectivity index (χ1n) is 6.55. The summed E-state index contributed by atoms with van der Waals surface area (Å²) in [5.41, 5.74) is 4.41. The average Bonchev–Trinajstić information content (AvgIpc) is 2.98. The summed E-state index contributed by atoms with van der Waals surface area (Å²) < 4.78 is 4.65. The number of esters is 1. The van der Waals surface area contributed by atoms with Gasteiger partial charge in [-0.25, -0.2) is 15.2 Å². The minimum Gasteiger partial charge on any atom is -0.465 e. The standard InChI is InChI=1S/C14H15N3O4/c1-17-11-9(12(18)15-13(11)19)10(16-17)7-3-5-8(6-4-7)14(20)21-2/h3-6,9-11,16H,1-2H3,(H,15,18,19)/t9-,10+,11+/m1/s1. The van der Waals surface area contributed by atoms with E-state index in [0.717, 1.165) is 5.56 Å². The van der Waals surface area contributed by atoms with Crippen LogP contribution in [0.5, 0.6) is 0 Å². The number of hydrazine groups is 1. The summed E-state index contributed by atoms with van der Waals surface area (Å²) >= 11 is 0. The molecule has 110 valence electrons. The number of likely N-dealkylation sites (N-methyl/N-ethyl adjacent to an activating group) is 1. The number of amides is 2. The molecule has 0 spiro atoms. The molecule has 2 aliphatic heterocycles. The van der Waals surface area contributed by atoms with Crippen LogP contribution in [-0.4, -0.2) is 43.0 Å². The molecule has 0 aromatic heterocycles. The van der Waals surface area contributed by atoms with E-state index in [4.69, 9.17) is 0 Å². The van der Waals surface area contributed by atoms with Crippen LogP contribution in [0.2, 0.25) is 0 Å². The molecule has 7 nitrogen and oxygen atoms in total. The largest absolute Gasteiger partial charge is 0.465 e. The fraction of sp³-hybridized carbons (Fsp3) is 0.357. The van der Waals surface area contributed by atoms with Gasteiger partial charge in [-0.15, -0.1) is 0 Å². The second-order valence-corrected chi connectivity index (χ2v) is 5.16. The fourth-order valence-corrected chi connectivity index (χ4v) is 2.94.